The molecule has 0 aliphatic carbocycles. The van der Waals surface area contributed by atoms with Crippen LogP contribution in [0.25, 0.3) is 0 Å². The lowest BCUT2D eigenvalue weighted by Gasteiger charge is -2.21. The molecule has 0 radical (unpaired) electrons. The van der Waals surface area contributed by atoms with Crippen LogP contribution >= 0.6 is 11.6 Å². The Bertz CT molecular complexity index is 397. The third-order valence-corrected chi connectivity index (χ3v) is 2.09. The highest BCUT2D eigenvalue weighted by Gasteiger charge is 2.56. The summed E-state index contributed by atoms with van der Waals surface area (Å²) in [5, 5.41) is 3.75. The number of alkyl halides is 5. The van der Waals surface area contributed by atoms with E-state index in [-0.39, 0.29) is 5.56 Å². The van der Waals surface area contributed by atoms with E-state index in [2.05, 4.69) is 11.6 Å². The second-order valence-corrected chi connectivity index (χ2v) is 3.43. The van der Waals surface area contributed by atoms with Crippen LogP contribution in [0, 0.1) is 0 Å². The number of hydrogen-bond acceptors (Lipinski definition) is 1. The third-order valence-electron chi connectivity index (χ3n) is 1.85. The summed E-state index contributed by atoms with van der Waals surface area (Å²) in [4.78, 5) is 10.4. The monoisotopic (exact) mass is 256 g/mol. The summed E-state index contributed by atoms with van der Waals surface area (Å²) in [6.45, 7) is 0. The number of halogens is 5. The second kappa shape index (κ2) is 3.93. The van der Waals surface area contributed by atoms with Crippen LogP contribution in [0.3, 0.4) is 0 Å². The van der Waals surface area contributed by atoms with E-state index in [1.807, 2.05) is 0 Å². The number of carbonyl (C=O) groups is 1. The van der Waals surface area contributed by atoms with Gasteiger partial charge in [0, 0.05) is 5.56 Å². The minimum atomic E-state index is -4.72. The average molecular weight is 257 g/mol. The largest absolute Gasteiger partial charge is 0.478 e. The number of hydrogen-bond donors (Lipinski definition) is 1. The maximum Gasteiger partial charge on any atom is 0.388 e. The third kappa shape index (κ3) is 2.27. The highest BCUT2D eigenvalue weighted by atomic mass is 35.5. The van der Waals surface area contributed by atoms with E-state index < -0.39 is 22.8 Å². The number of carboxylic acids is 1. The number of rotatable bonds is 3. The smallest absolute Gasteiger partial charge is 0.388 e. The molecule has 1 aromatic rings. The lowest BCUT2D eigenvalue weighted by Crippen LogP contribution is -2.32. The van der Waals surface area contributed by atoms with Crippen molar-refractivity contribution in [2.45, 2.75) is 11.3 Å². The molecule has 1 rings (SSSR count). The Labute approximate surface area is 92.4 Å². The van der Waals surface area contributed by atoms with E-state index in [1.54, 1.807) is 0 Å². The first-order chi connectivity index (χ1) is 7.16. The van der Waals surface area contributed by atoms with E-state index in [1.165, 1.54) is 0 Å². The molecule has 0 amide bonds. The van der Waals surface area contributed by atoms with Gasteiger partial charge < -0.3 is 5.11 Å². The van der Waals surface area contributed by atoms with Gasteiger partial charge in [0.25, 0.3) is 0 Å². The van der Waals surface area contributed by atoms with Crippen molar-refractivity contribution in [3.8, 4) is 0 Å². The molecule has 0 heterocycles. The van der Waals surface area contributed by atoms with Gasteiger partial charge in [-0.15, -0.1) is 0 Å². The van der Waals surface area contributed by atoms with Crippen molar-refractivity contribution in [1.29, 1.82) is 0 Å². The standard InChI is InChI=1S/C9H5ClF4O2/c10-9(13,14)8(11,12)6-3-1-5(2-4-6)7(15)16/h1-4H,(H,15,16). The molecule has 0 spiro atoms. The molecule has 0 atom stereocenters. The number of carboxylic acid groups (broad SMARTS) is 1. The maximum absolute atomic E-state index is 13.0. The normalized spacial score (nSPS) is 12.6. The fourth-order valence-corrected chi connectivity index (χ4v) is 1.09. The maximum atomic E-state index is 13.0. The summed E-state index contributed by atoms with van der Waals surface area (Å²) >= 11 is 4.26. The highest BCUT2D eigenvalue weighted by Crippen LogP contribution is 2.45. The van der Waals surface area contributed by atoms with E-state index in [0.717, 1.165) is 12.1 Å². The summed E-state index contributed by atoms with van der Waals surface area (Å²) in [5.41, 5.74) is -1.32. The van der Waals surface area contributed by atoms with Gasteiger partial charge >= 0.3 is 17.3 Å². The zero-order valence-electron chi connectivity index (χ0n) is 7.55. The van der Waals surface area contributed by atoms with Gasteiger partial charge in [0.1, 0.15) is 0 Å². The fourth-order valence-electron chi connectivity index (χ4n) is 0.986. The number of aromatic carboxylic acids is 1. The van der Waals surface area contributed by atoms with Crippen molar-refractivity contribution in [3.05, 3.63) is 35.4 Å². The summed E-state index contributed by atoms with van der Waals surface area (Å²) in [6, 6.07) is 2.79. The summed E-state index contributed by atoms with van der Waals surface area (Å²) in [5.74, 6) is -5.89. The van der Waals surface area contributed by atoms with Crippen LogP contribution in [-0.2, 0) is 5.92 Å². The Hall–Kier alpha value is -1.30. The second-order valence-electron chi connectivity index (χ2n) is 2.95. The van der Waals surface area contributed by atoms with Gasteiger partial charge in [0.05, 0.1) is 5.56 Å². The molecular weight excluding hydrogens is 252 g/mol. The van der Waals surface area contributed by atoms with Crippen molar-refractivity contribution in [2.24, 2.45) is 0 Å². The minimum absolute atomic E-state index is 0.280. The Morgan fingerprint density at radius 3 is 1.88 bits per heavy atom. The average Bonchev–Trinajstić information content (AvgIpc) is 2.16. The molecular formula is C9H5ClF4O2. The first-order valence-corrected chi connectivity index (χ1v) is 4.32. The molecule has 0 saturated carbocycles. The molecule has 0 unspecified atom stereocenters. The van der Waals surface area contributed by atoms with Crippen LogP contribution in [0.2, 0.25) is 0 Å². The Morgan fingerprint density at radius 1 is 1.12 bits per heavy atom. The van der Waals surface area contributed by atoms with Crippen LogP contribution in [0.4, 0.5) is 17.6 Å². The molecule has 2 nitrogen and oxygen atoms in total. The van der Waals surface area contributed by atoms with Gasteiger partial charge in [0.2, 0.25) is 0 Å². The van der Waals surface area contributed by atoms with Crippen molar-refractivity contribution in [2.75, 3.05) is 0 Å². The molecule has 7 heteroatoms. The molecule has 1 aromatic carbocycles. The van der Waals surface area contributed by atoms with Crippen molar-refractivity contribution < 1.29 is 27.5 Å². The quantitative estimate of drug-likeness (QED) is 0.665. The Kier molecular flexibility index (Phi) is 3.14. The Balaban J connectivity index is 3.11. The first-order valence-electron chi connectivity index (χ1n) is 3.94. The lowest BCUT2D eigenvalue weighted by atomic mass is 10.1. The van der Waals surface area contributed by atoms with Crippen molar-refractivity contribution >= 4 is 17.6 Å². The predicted molar refractivity (Wildman–Crippen MR) is 48.1 cm³/mol. The summed E-state index contributed by atoms with van der Waals surface area (Å²) < 4.78 is 50.6. The molecule has 0 aliphatic heterocycles. The van der Waals surface area contributed by atoms with Crippen LogP contribution in [0.15, 0.2) is 24.3 Å². The van der Waals surface area contributed by atoms with Gasteiger partial charge in [-0.3, -0.25) is 0 Å². The SMILES string of the molecule is O=C(O)c1ccc(C(F)(F)C(F)(F)Cl)cc1. The van der Waals surface area contributed by atoms with E-state index >= 15 is 0 Å². The summed E-state index contributed by atoms with van der Waals surface area (Å²) in [7, 11) is 0. The zero-order valence-corrected chi connectivity index (χ0v) is 8.31. The van der Waals surface area contributed by atoms with Gasteiger partial charge in [-0.2, -0.15) is 17.6 Å². The van der Waals surface area contributed by atoms with Gasteiger partial charge in [-0.05, 0) is 23.7 Å². The summed E-state index contributed by atoms with van der Waals surface area (Å²) in [6.07, 6.45) is 0. The number of benzene rings is 1. The van der Waals surface area contributed by atoms with Crippen LogP contribution in [0.5, 0.6) is 0 Å². The van der Waals surface area contributed by atoms with Crippen molar-refractivity contribution in [1.82, 2.24) is 0 Å². The van der Waals surface area contributed by atoms with Crippen LogP contribution in [-0.4, -0.2) is 16.5 Å². The Morgan fingerprint density at radius 2 is 1.56 bits per heavy atom. The molecule has 1 N–H and O–H groups in total. The lowest BCUT2D eigenvalue weighted by molar-refractivity contribution is -0.164. The molecule has 16 heavy (non-hydrogen) atoms. The molecule has 0 saturated heterocycles. The molecule has 88 valence electrons. The molecule has 0 fully saturated rings. The van der Waals surface area contributed by atoms with Gasteiger partial charge in [-0.25, -0.2) is 4.79 Å². The van der Waals surface area contributed by atoms with E-state index in [0.29, 0.717) is 12.1 Å². The molecule has 0 bridgehead atoms. The molecule has 0 aromatic heterocycles. The molecule has 0 aliphatic rings. The van der Waals surface area contributed by atoms with Gasteiger partial charge in [-0.1, -0.05) is 12.1 Å². The minimum Gasteiger partial charge on any atom is -0.478 e. The predicted octanol–water partition coefficient (Wildman–Crippen LogP) is 3.31. The fraction of sp³-hybridized carbons (Fsp3) is 0.222. The topological polar surface area (TPSA) is 37.3 Å². The van der Waals surface area contributed by atoms with E-state index in [4.69, 9.17) is 5.11 Å². The van der Waals surface area contributed by atoms with Crippen LogP contribution in [0.1, 0.15) is 15.9 Å². The highest BCUT2D eigenvalue weighted by molar-refractivity contribution is 6.22. The van der Waals surface area contributed by atoms with E-state index in [9.17, 15) is 22.4 Å². The van der Waals surface area contributed by atoms with Gasteiger partial charge in [0.15, 0.2) is 0 Å². The zero-order chi connectivity index (χ0) is 12.6. The first kappa shape index (κ1) is 12.8. The van der Waals surface area contributed by atoms with Crippen LogP contribution < -0.4 is 0 Å². The van der Waals surface area contributed by atoms with Crippen molar-refractivity contribution in [3.63, 3.8) is 0 Å².